The maximum absolute atomic E-state index is 13.5. The first-order valence-electron chi connectivity index (χ1n) is 7.83. The Bertz CT molecular complexity index is 674. The summed E-state index contributed by atoms with van der Waals surface area (Å²) in [5.41, 5.74) is -1.36. The molecule has 0 unspecified atom stereocenters. The molecular weight excluding hydrogens is 523 g/mol. The molecule has 1 radical (unpaired) electrons. The van der Waals surface area contributed by atoms with E-state index in [-0.39, 0.29) is 0 Å². The van der Waals surface area contributed by atoms with Crippen molar-refractivity contribution in [2.75, 3.05) is 0 Å². The molecule has 0 aromatic rings. The van der Waals surface area contributed by atoms with Crippen molar-refractivity contribution in [3.8, 4) is 0 Å². The first-order chi connectivity index (χ1) is 14.0. The average Bonchev–Trinajstić information content (AvgIpc) is 2.55. The van der Waals surface area contributed by atoms with Gasteiger partial charge in [0.2, 0.25) is 0 Å². The van der Waals surface area contributed by atoms with Crippen molar-refractivity contribution in [3.05, 3.63) is 6.61 Å². The normalized spacial score (nSPS) is 16.4. The molecule has 0 N–H and O–H groups in total. The summed E-state index contributed by atoms with van der Waals surface area (Å²) in [7, 11) is 0. The van der Waals surface area contributed by atoms with Crippen LogP contribution in [0, 0.1) is 6.61 Å². The molecule has 0 amide bonds. The van der Waals surface area contributed by atoms with Crippen molar-refractivity contribution < 1.29 is 84.4 Å². The van der Waals surface area contributed by atoms with E-state index < -0.39 is 66.3 Å². The lowest BCUT2D eigenvalue weighted by Gasteiger charge is -2.42. The highest BCUT2D eigenvalue weighted by Crippen LogP contribution is 2.64. The predicted octanol–water partition coefficient (Wildman–Crippen LogP) is 7.29. The van der Waals surface area contributed by atoms with Crippen LogP contribution in [0.2, 0.25) is 0 Å². The Morgan fingerprint density at radius 2 is 0.788 bits per heavy atom. The van der Waals surface area contributed by atoms with E-state index in [1.54, 1.807) is 0 Å². The highest BCUT2D eigenvalue weighted by atomic mass is 19.4. The minimum Gasteiger partial charge on any atom is -0.231 e. The van der Waals surface area contributed by atoms with E-state index in [9.17, 15) is 74.6 Å². The topological polar surface area (TPSA) is 18.5 Å². The van der Waals surface area contributed by atoms with Gasteiger partial charge < -0.3 is 0 Å². The molecule has 19 heteroatoms. The lowest BCUT2D eigenvalue weighted by atomic mass is 9.88. The van der Waals surface area contributed by atoms with Gasteiger partial charge >= 0.3 is 47.6 Å². The fraction of sp³-hybridized carbons (Fsp3) is 0.929. The van der Waals surface area contributed by atoms with Gasteiger partial charge in [0.25, 0.3) is 0 Å². The van der Waals surface area contributed by atoms with Gasteiger partial charge in [0.1, 0.15) is 6.61 Å². The largest absolute Gasteiger partial charge is 0.460 e. The zero-order chi connectivity index (χ0) is 27.3. The number of hydrogen-bond acceptors (Lipinski definition) is 2. The Kier molecular flexibility index (Phi) is 8.11. The van der Waals surface area contributed by atoms with Gasteiger partial charge in [0.15, 0.2) is 0 Å². The summed E-state index contributed by atoms with van der Waals surface area (Å²) in [5, 5.41) is 0. The van der Waals surface area contributed by atoms with Crippen molar-refractivity contribution in [2.45, 2.75) is 80.4 Å². The van der Waals surface area contributed by atoms with Gasteiger partial charge in [-0.15, -0.1) is 0 Å². The first-order valence-corrected chi connectivity index (χ1v) is 7.83. The number of hydrogen-bond donors (Lipinski definition) is 0. The number of alkyl halides is 17. The van der Waals surface area contributed by atoms with Gasteiger partial charge in [-0.25, -0.2) is 9.78 Å². The third-order valence-electron chi connectivity index (χ3n) is 3.49. The highest BCUT2D eigenvalue weighted by molar-refractivity contribution is 5.15. The van der Waals surface area contributed by atoms with Crippen LogP contribution in [0.4, 0.5) is 74.6 Å². The van der Waals surface area contributed by atoms with Crippen LogP contribution in [0.5, 0.6) is 0 Å². The van der Waals surface area contributed by atoms with Crippen molar-refractivity contribution in [1.29, 1.82) is 0 Å². The molecule has 199 valence electrons. The fourth-order valence-electron chi connectivity index (χ4n) is 1.64. The molecule has 0 saturated carbocycles. The summed E-state index contributed by atoms with van der Waals surface area (Å²) in [6.07, 6.45) is -10.6. The van der Waals surface area contributed by atoms with E-state index in [4.69, 9.17) is 0 Å². The monoisotopic (exact) mass is 535 g/mol. The van der Waals surface area contributed by atoms with E-state index in [0.29, 0.717) is 0 Å². The summed E-state index contributed by atoms with van der Waals surface area (Å²) >= 11 is 0. The molecule has 0 aliphatic carbocycles. The molecule has 0 aliphatic heterocycles. The van der Waals surface area contributed by atoms with Crippen LogP contribution in [0.3, 0.4) is 0 Å². The molecule has 0 aliphatic rings. The molecule has 0 aromatic heterocycles. The van der Waals surface area contributed by atoms with E-state index in [2.05, 4.69) is 9.78 Å². The van der Waals surface area contributed by atoms with Crippen LogP contribution < -0.4 is 0 Å². The molecule has 0 heterocycles. The Morgan fingerprint density at radius 3 is 1.09 bits per heavy atom. The van der Waals surface area contributed by atoms with E-state index in [1.165, 1.54) is 0 Å². The summed E-state index contributed by atoms with van der Waals surface area (Å²) in [4.78, 5) is 7.95. The van der Waals surface area contributed by atoms with E-state index in [0.717, 1.165) is 20.8 Å². The van der Waals surface area contributed by atoms with Crippen molar-refractivity contribution in [2.24, 2.45) is 0 Å². The second-order valence-corrected chi connectivity index (χ2v) is 7.31. The van der Waals surface area contributed by atoms with Crippen molar-refractivity contribution in [3.63, 3.8) is 0 Å². The zero-order valence-corrected chi connectivity index (χ0v) is 16.0. The molecule has 0 atom stereocenters. The summed E-state index contributed by atoms with van der Waals surface area (Å²) < 4.78 is 221. The van der Waals surface area contributed by atoms with Gasteiger partial charge in [-0.05, 0) is 20.8 Å². The van der Waals surface area contributed by atoms with E-state index >= 15 is 0 Å². The van der Waals surface area contributed by atoms with Crippen LogP contribution in [-0.4, -0.2) is 53.2 Å². The summed E-state index contributed by atoms with van der Waals surface area (Å²) in [5.74, 6) is -56.5. The third kappa shape index (κ3) is 5.07. The second kappa shape index (κ2) is 8.44. The van der Waals surface area contributed by atoms with Crippen LogP contribution in [0.15, 0.2) is 0 Å². The smallest absolute Gasteiger partial charge is 0.231 e. The molecule has 33 heavy (non-hydrogen) atoms. The maximum atomic E-state index is 13.5. The molecule has 0 saturated heterocycles. The minimum absolute atomic E-state index is 0.558. The molecule has 0 rings (SSSR count). The van der Waals surface area contributed by atoms with Crippen LogP contribution in [0.25, 0.3) is 0 Å². The predicted molar refractivity (Wildman–Crippen MR) is 71.5 cm³/mol. The van der Waals surface area contributed by atoms with Crippen molar-refractivity contribution >= 4 is 0 Å². The molecule has 2 nitrogen and oxygen atoms in total. The first kappa shape index (κ1) is 31.7. The van der Waals surface area contributed by atoms with Gasteiger partial charge in [0.05, 0.1) is 5.60 Å². The highest BCUT2D eigenvalue weighted by Gasteiger charge is 2.95. The molecule has 0 bridgehead atoms. The maximum Gasteiger partial charge on any atom is 0.460 e. The Labute approximate surface area is 172 Å². The molecule has 0 fully saturated rings. The van der Waals surface area contributed by atoms with Gasteiger partial charge in [0, 0.05) is 6.42 Å². The van der Waals surface area contributed by atoms with Crippen molar-refractivity contribution in [1.82, 2.24) is 0 Å². The summed E-state index contributed by atoms with van der Waals surface area (Å²) in [6.45, 7) is 2.90. The molecule has 0 spiro atoms. The minimum atomic E-state index is -8.64. The van der Waals surface area contributed by atoms with Gasteiger partial charge in [-0.2, -0.15) is 74.6 Å². The van der Waals surface area contributed by atoms with Crippen LogP contribution >= 0.6 is 0 Å². The SMILES string of the molecule is CC(C)(C)OO[CH]CC(F)(F)C(F)(F)C(F)(F)C(F)(F)C(F)(F)C(F)(F)C(F)(F)C(F)(F)F. The van der Waals surface area contributed by atoms with Crippen LogP contribution in [-0.2, 0) is 9.78 Å². The van der Waals surface area contributed by atoms with Gasteiger partial charge in [-0.1, -0.05) is 0 Å². The lowest BCUT2D eigenvalue weighted by molar-refractivity contribution is -0.462. The number of rotatable bonds is 10. The fourth-order valence-corrected chi connectivity index (χ4v) is 1.64. The molecular formula is C14H12F17O2. The Morgan fingerprint density at radius 1 is 0.485 bits per heavy atom. The quantitative estimate of drug-likeness (QED) is 0.127. The van der Waals surface area contributed by atoms with E-state index in [1.807, 2.05) is 0 Å². The Balaban J connectivity index is 6.26. The summed E-state index contributed by atoms with van der Waals surface area (Å²) in [6, 6.07) is 0. The van der Waals surface area contributed by atoms with Crippen LogP contribution in [0.1, 0.15) is 27.2 Å². The lowest BCUT2D eigenvalue weighted by Crippen LogP contribution is -2.74. The van der Waals surface area contributed by atoms with Gasteiger partial charge in [-0.3, -0.25) is 0 Å². The molecule has 0 aromatic carbocycles. The number of halogens is 17. The second-order valence-electron chi connectivity index (χ2n) is 7.31. The Hall–Kier alpha value is -1.27. The average molecular weight is 535 g/mol. The zero-order valence-electron chi connectivity index (χ0n) is 16.0. The third-order valence-corrected chi connectivity index (χ3v) is 3.49. The standard InChI is InChI=1S/C14H12F17O2/c1-6(2,3)33-32-5-4-7(15,16)8(17,18)9(19,20)10(21,22)11(23,24)12(25,26)13(27,28)14(29,30)31/h5H,4H2,1-3H3.